The van der Waals surface area contributed by atoms with Gasteiger partial charge in [-0.25, -0.2) is 9.18 Å². The molecule has 0 fully saturated rings. The number of hydrogen-bond donors (Lipinski definition) is 1. The van der Waals surface area contributed by atoms with Crippen molar-refractivity contribution in [1.82, 2.24) is 5.32 Å². The van der Waals surface area contributed by atoms with Crippen LogP contribution in [0.1, 0.15) is 26.3 Å². The molecule has 1 rings (SSSR count). The first-order valence-corrected chi connectivity index (χ1v) is 5.59. The van der Waals surface area contributed by atoms with Crippen LogP contribution in [0.25, 0.3) is 0 Å². The Hall–Kier alpha value is -2.18. The van der Waals surface area contributed by atoms with Crippen molar-refractivity contribution in [3.63, 3.8) is 0 Å². The highest BCUT2D eigenvalue weighted by Crippen LogP contribution is 2.21. The lowest BCUT2D eigenvalue weighted by atomic mass is 10.1. The van der Waals surface area contributed by atoms with Crippen LogP contribution in [-0.2, 0) is 11.3 Å². The molecule has 6 nitrogen and oxygen atoms in total. The first-order chi connectivity index (χ1) is 8.70. The number of nitro groups is 1. The summed E-state index contributed by atoms with van der Waals surface area (Å²) in [6, 6.07) is 3.51. The molecule has 1 aromatic rings. The lowest BCUT2D eigenvalue weighted by Gasteiger charge is -2.19. The number of nitrogens with zero attached hydrogens (tertiary/aromatic N) is 1. The minimum atomic E-state index is -0.759. The standard InChI is InChI=1S/C12H15FN2O4/c1-12(2,3)19-11(16)14-7-8-9(13)5-4-6-10(8)15(17)18/h4-6H,7H2,1-3H3,(H,14,16). The maximum absolute atomic E-state index is 13.5. The fourth-order valence-corrected chi connectivity index (χ4v) is 1.37. The van der Waals surface area contributed by atoms with E-state index in [9.17, 15) is 19.3 Å². The molecule has 19 heavy (non-hydrogen) atoms. The van der Waals surface area contributed by atoms with Gasteiger partial charge in [0, 0.05) is 6.07 Å². The number of rotatable bonds is 3. The van der Waals surface area contributed by atoms with Crippen molar-refractivity contribution < 1.29 is 18.8 Å². The van der Waals surface area contributed by atoms with Crippen LogP contribution in [0.3, 0.4) is 0 Å². The Labute approximate surface area is 109 Å². The Balaban J connectivity index is 2.78. The number of amides is 1. The third-order valence-corrected chi connectivity index (χ3v) is 2.10. The zero-order valence-corrected chi connectivity index (χ0v) is 10.9. The zero-order chi connectivity index (χ0) is 14.6. The molecule has 0 aromatic heterocycles. The molecule has 0 bridgehead atoms. The van der Waals surface area contributed by atoms with E-state index in [-0.39, 0.29) is 17.8 Å². The van der Waals surface area contributed by atoms with E-state index in [4.69, 9.17) is 4.74 Å². The summed E-state index contributed by atoms with van der Waals surface area (Å²) in [5.74, 6) is -0.745. The molecule has 1 amide bonds. The molecule has 0 spiro atoms. The topological polar surface area (TPSA) is 81.5 Å². The van der Waals surface area contributed by atoms with Gasteiger partial charge in [0.1, 0.15) is 11.4 Å². The molecule has 0 saturated heterocycles. The molecular weight excluding hydrogens is 255 g/mol. The monoisotopic (exact) mass is 270 g/mol. The van der Waals surface area contributed by atoms with E-state index >= 15 is 0 Å². The van der Waals surface area contributed by atoms with E-state index in [1.54, 1.807) is 20.8 Å². The van der Waals surface area contributed by atoms with Gasteiger partial charge < -0.3 is 10.1 Å². The van der Waals surface area contributed by atoms with Crippen LogP contribution in [0.15, 0.2) is 18.2 Å². The largest absolute Gasteiger partial charge is 0.444 e. The average molecular weight is 270 g/mol. The maximum atomic E-state index is 13.5. The molecule has 1 aromatic carbocycles. The normalized spacial score (nSPS) is 10.9. The van der Waals surface area contributed by atoms with Crippen LogP contribution in [0.2, 0.25) is 0 Å². The van der Waals surface area contributed by atoms with Gasteiger partial charge in [-0.3, -0.25) is 10.1 Å². The third kappa shape index (κ3) is 4.53. The molecule has 0 saturated carbocycles. The lowest BCUT2D eigenvalue weighted by Crippen LogP contribution is -2.32. The van der Waals surface area contributed by atoms with Crippen molar-refractivity contribution in [3.05, 3.63) is 39.7 Å². The highest BCUT2D eigenvalue weighted by atomic mass is 19.1. The third-order valence-electron chi connectivity index (χ3n) is 2.10. The van der Waals surface area contributed by atoms with E-state index in [0.717, 1.165) is 6.07 Å². The summed E-state index contributed by atoms with van der Waals surface area (Å²) in [6.45, 7) is 4.73. The van der Waals surface area contributed by atoms with E-state index in [1.807, 2.05) is 0 Å². The van der Waals surface area contributed by atoms with Crippen molar-refractivity contribution in [2.24, 2.45) is 0 Å². The molecule has 1 N–H and O–H groups in total. The number of carbonyl (C=O) groups is 1. The van der Waals surface area contributed by atoms with Gasteiger partial charge in [0.2, 0.25) is 0 Å². The SMILES string of the molecule is CC(C)(C)OC(=O)NCc1c(F)cccc1[N+](=O)[O-]. The summed E-state index contributed by atoms with van der Waals surface area (Å²) in [5, 5.41) is 13.0. The predicted octanol–water partition coefficient (Wildman–Crippen LogP) is 2.76. The molecular formula is C12H15FN2O4. The molecule has 7 heteroatoms. The van der Waals surface area contributed by atoms with Gasteiger partial charge in [-0.2, -0.15) is 0 Å². The molecule has 104 valence electrons. The molecule has 0 heterocycles. The van der Waals surface area contributed by atoms with Crippen molar-refractivity contribution >= 4 is 11.8 Å². The minimum absolute atomic E-state index is 0.182. The number of nitrogens with one attached hydrogen (secondary N) is 1. The second-order valence-electron chi connectivity index (χ2n) is 4.85. The van der Waals surface area contributed by atoms with Crippen LogP contribution in [0.5, 0.6) is 0 Å². The van der Waals surface area contributed by atoms with Crippen molar-refractivity contribution in [2.75, 3.05) is 0 Å². The summed E-state index contributed by atoms with van der Waals surface area (Å²) in [4.78, 5) is 21.4. The highest BCUT2D eigenvalue weighted by Gasteiger charge is 2.20. The maximum Gasteiger partial charge on any atom is 0.407 e. The average Bonchev–Trinajstić information content (AvgIpc) is 2.24. The van der Waals surface area contributed by atoms with Gasteiger partial charge in [0.05, 0.1) is 17.0 Å². The molecule has 0 aliphatic rings. The second-order valence-corrected chi connectivity index (χ2v) is 4.85. The summed E-state index contributed by atoms with van der Waals surface area (Å²) < 4.78 is 18.5. The molecule has 0 aliphatic heterocycles. The Morgan fingerprint density at radius 3 is 2.63 bits per heavy atom. The fraction of sp³-hybridized carbons (Fsp3) is 0.417. The Morgan fingerprint density at radius 2 is 2.11 bits per heavy atom. The summed E-state index contributed by atoms with van der Waals surface area (Å²) in [7, 11) is 0. The van der Waals surface area contributed by atoms with Crippen LogP contribution < -0.4 is 5.32 Å². The Bertz CT molecular complexity index is 497. The predicted molar refractivity (Wildman–Crippen MR) is 66.1 cm³/mol. The lowest BCUT2D eigenvalue weighted by molar-refractivity contribution is -0.385. The minimum Gasteiger partial charge on any atom is -0.444 e. The summed E-state index contributed by atoms with van der Waals surface area (Å²) >= 11 is 0. The van der Waals surface area contributed by atoms with Gasteiger partial charge in [-0.05, 0) is 26.8 Å². The van der Waals surface area contributed by atoms with E-state index in [0.29, 0.717) is 0 Å². The number of nitro benzene ring substituents is 1. The number of benzene rings is 1. The summed E-state index contributed by atoms with van der Waals surface area (Å²) in [6.07, 6.45) is -0.759. The van der Waals surface area contributed by atoms with E-state index < -0.39 is 22.4 Å². The number of alkyl carbamates (subject to hydrolysis) is 1. The van der Waals surface area contributed by atoms with Crippen molar-refractivity contribution in [3.8, 4) is 0 Å². The van der Waals surface area contributed by atoms with E-state index in [2.05, 4.69) is 5.32 Å². The highest BCUT2D eigenvalue weighted by molar-refractivity contribution is 5.68. The van der Waals surface area contributed by atoms with Crippen molar-refractivity contribution in [1.29, 1.82) is 0 Å². The summed E-state index contributed by atoms with van der Waals surface area (Å²) in [5.41, 5.74) is -1.25. The number of hydrogen-bond acceptors (Lipinski definition) is 4. The van der Waals surface area contributed by atoms with Crippen LogP contribution in [0.4, 0.5) is 14.9 Å². The van der Waals surface area contributed by atoms with Crippen LogP contribution >= 0.6 is 0 Å². The first-order valence-electron chi connectivity index (χ1n) is 5.59. The Kier molecular flexibility index (Phi) is 4.42. The van der Waals surface area contributed by atoms with Crippen LogP contribution in [0, 0.1) is 15.9 Å². The number of ether oxygens (including phenoxy) is 1. The first kappa shape index (κ1) is 14.9. The van der Waals surface area contributed by atoms with Crippen molar-refractivity contribution in [2.45, 2.75) is 32.9 Å². The second kappa shape index (κ2) is 5.64. The van der Waals surface area contributed by atoms with E-state index in [1.165, 1.54) is 12.1 Å². The number of halogens is 1. The van der Waals surface area contributed by atoms with Gasteiger partial charge >= 0.3 is 6.09 Å². The molecule has 0 radical (unpaired) electrons. The molecule has 0 unspecified atom stereocenters. The van der Waals surface area contributed by atoms with Gasteiger partial charge in [0.25, 0.3) is 5.69 Å². The molecule has 0 atom stereocenters. The van der Waals surface area contributed by atoms with Gasteiger partial charge in [-0.15, -0.1) is 0 Å². The number of carbonyl (C=O) groups excluding carboxylic acids is 1. The smallest absolute Gasteiger partial charge is 0.407 e. The molecule has 0 aliphatic carbocycles. The fourth-order valence-electron chi connectivity index (χ4n) is 1.37. The van der Waals surface area contributed by atoms with Gasteiger partial charge in [0.15, 0.2) is 0 Å². The zero-order valence-electron chi connectivity index (χ0n) is 10.9. The van der Waals surface area contributed by atoms with Crippen LogP contribution in [-0.4, -0.2) is 16.6 Å². The quantitative estimate of drug-likeness (QED) is 0.676. The van der Waals surface area contributed by atoms with Gasteiger partial charge in [-0.1, -0.05) is 6.07 Å². The Morgan fingerprint density at radius 1 is 1.47 bits per heavy atom.